The van der Waals surface area contributed by atoms with E-state index >= 15 is 0 Å². The molecule has 0 radical (unpaired) electrons. The molecular formula is C12H18N6O2S. The van der Waals surface area contributed by atoms with Gasteiger partial charge in [-0.25, -0.2) is 13.4 Å². The van der Waals surface area contributed by atoms with E-state index in [9.17, 15) is 8.42 Å². The summed E-state index contributed by atoms with van der Waals surface area (Å²) in [5.74, 6) is 0.480. The van der Waals surface area contributed by atoms with Gasteiger partial charge in [0.25, 0.3) is 0 Å². The van der Waals surface area contributed by atoms with E-state index in [1.54, 1.807) is 12.3 Å². The van der Waals surface area contributed by atoms with E-state index in [2.05, 4.69) is 25.5 Å². The van der Waals surface area contributed by atoms with Gasteiger partial charge in [0.1, 0.15) is 17.0 Å². The average molecular weight is 310 g/mol. The first-order chi connectivity index (χ1) is 10.1. The van der Waals surface area contributed by atoms with Crippen LogP contribution in [0.3, 0.4) is 0 Å². The van der Waals surface area contributed by atoms with E-state index in [1.807, 2.05) is 6.92 Å². The monoisotopic (exact) mass is 310 g/mol. The summed E-state index contributed by atoms with van der Waals surface area (Å²) in [6.45, 7) is 2.82. The minimum absolute atomic E-state index is 0.116. The summed E-state index contributed by atoms with van der Waals surface area (Å²) in [7, 11) is -2.16. The largest absolute Gasteiger partial charge is 0.384 e. The third kappa shape index (κ3) is 3.56. The predicted molar refractivity (Wildman–Crippen MR) is 78.1 cm³/mol. The van der Waals surface area contributed by atoms with Gasteiger partial charge in [0.05, 0.1) is 12.2 Å². The molecule has 0 aliphatic heterocycles. The van der Waals surface area contributed by atoms with Crippen molar-refractivity contribution in [1.29, 1.82) is 0 Å². The lowest BCUT2D eigenvalue weighted by molar-refractivity contribution is 0.457. The molecule has 0 amide bonds. The van der Waals surface area contributed by atoms with Crippen molar-refractivity contribution >= 4 is 15.7 Å². The fourth-order valence-electron chi connectivity index (χ4n) is 1.76. The molecule has 2 rings (SSSR count). The quantitative estimate of drug-likeness (QED) is 0.785. The first-order valence-electron chi connectivity index (χ1n) is 6.54. The Morgan fingerprint density at radius 3 is 2.90 bits per heavy atom. The van der Waals surface area contributed by atoms with E-state index in [4.69, 9.17) is 0 Å². The van der Waals surface area contributed by atoms with E-state index in [0.717, 1.165) is 6.42 Å². The lowest BCUT2D eigenvalue weighted by Crippen LogP contribution is -2.28. The molecule has 0 aromatic carbocycles. The van der Waals surface area contributed by atoms with Crippen molar-refractivity contribution in [3.63, 3.8) is 0 Å². The Kier molecular flexibility index (Phi) is 4.86. The molecule has 114 valence electrons. The second-order valence-corrected chi connectivity index (χ2v) is 6.51. The van der Waals surface area contributed by atoms with Crippen LogP contribution < -0.4 is 5.32 Å². The Morgan fingerprint density at radius 1 is 1.43 bits per heavy atom. The minimum atomic E-state index is -3.66. The van der Waals surface area contributed by atoms with Crippen LogP contribution >= 0.6 is 0 Å². The second-order valence-electron chi connectivity index (χ2n) is 4.49. The molecule has 9 heteroatoms. The number of pyridine rings is 1. The molecule has 0 aliphatic carbocycles. The lowest BCUT2D eigenvalue weighted by atomic mass is 10.4. The van der Waals surface area contributed by atoms with Crippen LogP contribution in [0.25, 0.3) is 0 Å². The van der Waals surface area contributed by atoms with Gasteiger partial charge in [-0.1, -0.05) is 6.92 Å². The lowest BCUT2D eigenvalue weighted by Gasteiger charge is -2.18. The van der Waals surface area contributed by atoms with Crippen molar-refractivity contribution in [1.82, 2.24) is 24.5 Å². The standard InChI is InChI=1S/C12H18N6O2S/c1-3-5-14-10-4-6-13-7-11(10)21(19,20)18(2)8-12-15-9-16-17-12/h4,6-7,9H,3,5,8H2,1-2H3,(H,13,14)(H,15,16,17). The van der Waals surface area contributed by atoms with Gasteiger partial charge in [-0.3, -0.25) is 10.1 Å². The number of aromatic amines is 1. The molecule has 21 heavy (non-hydrogen) atoms. The third-order valence-corrected chi connectivity index (χ3v) is 4.71. The van der Waals surface area contributed by atoms with Crippen LogP contribution in [0.4, 0.5) is 5.69 Å². The zero-order chi connectivity index (χ0) is 15.3. The summed E-state index contributed by atoms with van der Waals surface area (Å²) < 4.78 is 26.5. The van der Waals surface area contributed by atoms with E-state index in [1.165, 1.54) is 23.9 Å². The van der Waals surface area contributed by atoms with Crippen molar-refractivity contribution in [3.8, 4) is 0 Å². The van der Waals surface area contributed by atoms with Gasteiger partial charge in [0.15, 0.2) is 0 Å². The number of nitrogens with zero attached hydrogens (tertiary/aromatic N) is 4. The minimum Gasteiger partial charge on any atom is -0.384 e. The molecule has 0 unspecified atom stereocenters. The van der Waals surface area contributed by atoms with Crippen molar-refractivity contribution in [2.45, 2.75) is 24.8 Å². The first-order valence-corrected chi connectivity index (χ1v) is 7.98. The molecule has 8 nitrogen and oxygen atoms in total. The molecule has 0 saturated carbocycles. The summed E-state index contributed by atoms with van der Waals surface area (Å²) in [4.78, 5) is 8.00. The third-order valence-electron chi connectivity index (χ3n) is 2.88. The van der Waals surface area contributed by atoms with Crippen LogP contribution in [0.15, 0.2) is 29.7 Å². The van der Waals surface area contributed by atoms with Crippen molar-refractivity contribution in [3.05, 3.63) is 30.6 Å². The highest BCUT2D eigenvalue weighted by Crippen LogP contribution is 2.23. The molecule has 0 atom stereocenters. The molecule has 0 aliphatic rings. The fourth-order valence-corrected chi connectivity index (χ4v) is 3.00. The van der Waals surface area contributed by atoms with Gasteiger partial charge in [-0.2, -0.15) is 9.40 Å². The van der Waals surface area contributed by atoms with E-state index < -0.39 is 10.0 Å². The highest BCUT2D eigenvalue weighted by Gasteiger charge is 2.25. The molecule has 0 fully saturated rings. The highest BCUT2D eigenvalue weighted by molar-refractivity contribution is 7.89. The maximum atomic E-state index is 12.6. The van der Waals surface area contributed by atoms with Gasteiger partial charge < -0.3 is 5.32 Å². The zero-order valence-electron chi connectivity index (χ0n) is 11.9. The normalized spacial score (nSPS) is 11.8. The molecule has 0 saturated heterocycles. The van der Waals surface area contributed by atoms with Gasteiger partial charge in [0, 0.05) is 26.0 Å². The van der Waals surface area contributed by atoms with Gasteiger partial charge in [-0.05, 0) is 12.5 Å². The maximum Gasteiger partial charge on any atom is 0.246 e. The molecular weight excluding hydrogens is 292 g/mol. The number of anilines is 1. The summed E-state index contributed by atoms with van der Waals surface area (Å²) in [5, 5.41) is 9.45. The molecule has 2 aromatic rings. The number of sulfonamides is 1. The average Bonchev–Trinajstić information content (AvgIpc) is 2.98. The SMILES string of the molecule is CCCNc1ccncc1S(=O)(=O)N(C)Cc1ncn[nH]1. The highest BCUT2D eigenvalue weighted by atomic mass is 32.2. The summed E-state index contributed by atoms with van der Waals surface area (Å²) in [6.07, 6.45) is 5.15. The Hall–Kier alpha value is -2.00. The van der Waals surface area contributed by atoms with Crippen LogP contribution in [0.5, 0.6) is 0 Å². The van der Waals surface area contributed by atoms with Crippen LogP contribution in [-0.2, 0) is 16.6 Å². The number of H-pyrrole nitrogens is 1. The van der Waals surface area contributed by atoms with Gasteiger partial charge in [-0.15, -0.1) is 0 Å². The van der Waals surface area contributed by atoms with Crippen LogP contribution in [0.2, 0.25) is 0 Å². The van der Waals surface area contributed by atoms with Crippen LogP contribution in [-0.4, -0.2) is 46.5 Å². The van der Waals surface area contributed by atoms with Crippen molar-refractivity contribution in [2.24, 2.45) is 0 Å². The van der Waals surface area contributed by atoms with Gasteiger partial charge in [0.2, 0.25) is 10.0 Å². The summed E-state index contributed by atoms with van der Waals surface area (Å²) in [6, 6.07) is 1.66. The first kappa shape index (κ1) is 15.4. The smallest absolute Gasteiger partial charge is 0.246 e. The number of nitrogens with one attached hydrogen (secondary N) is 2. The number of aromatic nitrogens is 4. The Morgan fingerprint density at radius 2 is 2.24 bits per heavy atom. The number of hydrogen-bond donors (Lipinski definition) is 2. The maximum absolute atomic E-state index is 12.6. The topological polar surface area (TPSA) is 104 Å². The molecule has 2 aromatic heterocycles. The Labute approximate surface area is 123 Å². The molecule has 0 bridgehead atoms. The fraction of sp³-hybridized carbons (Fsp3) is 0.417. The van der Waals surface area contributed by atoms with Crippen LogP contribution in [0.1, 0.15) is 19.2 Å². The molecule has 0 spiro atoms. The predicted octanol–water partition coefficient (Wildman–Crippen LogP) is 0.842. The Balaban J connectivity index is 2.26. The zero-order valence-corrected chi connectivity index (χ0v) is 12.8. The van der Waals surface area contributed by atoms with Gasteiger partial charge >= 0.3 is 0 Å². The van der Waals surface area contributed by atoms with Crippen molar-refractivity contribution < 1.29 is 8.42 Å². The molecule has 2 heterocycles. The number of hydrogen-bond acceptors (Lipinski definition) is 6. The van der Waals surface area contributed by atoms with Crippen molar-refractivity contribution in [2.75, 3.05) is 18.9 Å². The molecule has 2 N–H and O–H groups in total. The van der Waals surface area contributed by atoms with E-state index in [-0.39, 0.29) is 11.4 Å². The summed E-state index contributed by atoms with van der Waals surface area (Å²) >= 11 is 0. The number of rotatable bonds is 7. The second kappa shape index (κ2) is 6.64. The Bertz CT molecular complexity index is 671. The van der Waals surface area contributed by atoms with Crippen LogP contribution in [0, 0.1) is 0 Å². The van der Waals surface area contributed by atoms with E-state index in [0.29, 0.717) is 18.1 Å². The summed E-state index contributed by atoms with van der Waals surface area (Å²) in [5.41, 5.74) is 0.552.